The largest absolute Gasteiger partial charge is 0.480 e. The van der Waals surface area contributed by atoms with E-state index in [1.54, 1.807) is 18.9 Å². The van der Waals surface area contributed by atoms with Crippen LogP contribution < -0.4 is 15.0 Å². The second-order valence-corrected chi connectivity index (χ2v) is 5.27. The maximum absolute atomic E-state index is 5.38. The number of anilines is 2. The van der Waals surface area contributed by atoms with Gasteiger partial charge in [-0.15, -0.1) is 11.8 Å². The molecule has 0 saturated carbocycles. The highest BCUT2D eigenvalue weighted by molar-refractivity contribution is 7.98. The summed E-state index contributed by atoms with van der Waals surface area (Å²) in [5.74, 6) is 2.21. The van der Waals surface area contributed by atoms with E-state index in [0.717, 1.165) is 36.9 Å². The van der Waals surface area contributed by atoms with Gasteiger partial charge in [0, 0.05) is 33.2 Å². The van der Waals surface area contributed by atoms with Crippen molar-refractivity contribution in [1.82, 2.24) is 14.9 Å². The monoisotopic (exact) mass is 283 g/mol. The lowest BCUT2D eigenvalue weighted by Crippen LogP contribution is -2.45. The fourth-order valence-electron chi connectivity index (χ4n) is 2.08. The summed E-state index contributed by atoms with van der Waals surface area (Å²) < 4.78 is 5.38. The third-order valence-electron chi connectivity index (χ3n) is 3.24. The van der Waals surface area contributed by atoms with Gasteiger partial charge in [-0.05, 0) is 13.3 Å². The van der Waals surface area contributed by atoms with Gasteiger partial charge in [-0.2, -0.15) is 9.97 Å². The zero-order valence-electron chi connectivity index (χ0n) is 11.9. The molecule has 2 rings (SSSR count). The second kappa shape index (κ2) is 6.29. The molecule has 2 heterocycles. The molecule has 1 N–H and O–H groups in total. The summed E-state index contributed by atoms with van der Waals surface area (Å²) in [6.45, 7) is 4.06. The van der Waals surface area contributed by atoms with Crippen molar-refractivity contribution in [2.24, 2.45) is 0 Å². The van der Waals surface area contributed by atoms with Crippen LogP contribution >= 0.6 is 11.8 Å². The minimum atomic E-state index is 0.601. The van der Waals surface area contributed by atoms with Crippen molar-refractivity contribution >= 4 is 23.5 Å². The molecule has 106 valence electrons. The Hall–Kier alpha value is -1.21. The Balaban J connectivity index is 2.36. The van der Waals surface area contributed by atoms with E-state index in [1.165, 1.54) is 0 Å². The molecule has 0 radical (unpaired) electrons. The van der Waals surface area contributed by atoms with Crippen LogP contribution in [0.3, 0.4) is 0 Å². The molecule has 6 nitrogen and oxygen atoms in total. The lowest BCUT2D eigenvalue weighted by atomic mass is 10.3. The first-order chi connectivity index (χ1) is 9.19. The summed E-state index contributed by atoms with van der Waals surface area (Å²) in [5, 5.41) is 2.99. The molecule has 1 saturated heterocycles. The number of ether oxygens (including phenoxy) is 1. The van der Waals surface area contributed by atoms with E-state index in [2.05, 4.69) is 32.1 Å². The normalized spacial score (nSPS) is 16.5. The molecule has 0 bridgehead atoms. The highest BCUT2D eigenvalue weighted by atomic mass is 32.2. The van der Waals surface area contributed by atoms with E-state index >= 15 is 0 Å². The van der Waals surface area contributed by atoms with Gasteiger partial charge in [-0.1, -0.05) is 0 Å². The zero-order chi connectivity index (χ0) is 13.8. The fourth-order valence-corrected chi connectivity index (χ4v) is 2.74. The third-order valence-corrected chi connectivity index (χ3v) is 4.01. The number of likely N-dealkylation sites (N-methyl/N-ethyl adjacent to an activating group) is 1. The van der Waals surface area contributed by atoms with E-state index < -0.39 is 0 Å². The van der Waals surface area contributed by atoms with Crippen LogP contribution in [0.4, 0.5) is 11.8 Å². The lowest BCUT2D eigenvalue weighted by Gasteiger charge is -2.34. The van der Waals surface area contributed by atoms with Crippen LogP contribution in [0, 0.1) is 0 Å². The predicted octanol–water partition coefficient (Wildman–Crippen LogP) is 1.00. The fraction of sp³-hybridized carbons (Fsp3) is 0.667. The van der Waals surface area contributed by atoms with Gasteiger partial charge in [0.05, 0.1) is 7.11 Å². The molecule has 0 amide bonds. The van der Waals surface area contributed by atoms with Crippen LogP contribution in [0.25, 0.3) is 0 Å². The second-order valence-electron chi connectivity index (χ2n) is 4.45. The smallest absolute Gasteiger partial charge is 0.234 e. The molecule has 7 heteroatoms. The molecule has 1 aromatic heterocycles. The molecule has 1 fully saturated rings. The van der Waals surface area contributed by atoms with E-state index in [-0.39, 0.29) is 0 Å². The van der Waals surface area contributed by atoms with Crippen molar-refractivity contribution in [3.63, 3.8) is 0 Å². The number of aromatic nitrogens is 2. The Morgan fingerprint density at radius 3 is 2.42 bits per heavy atom. The van der Waals surface area contributed by atoms with Gasteiger partial charge in [-0.3, -0.25) is 0 Å². The van der Waals surface area contributed by atoms with Crippen LogP contribution in [0.1, 0.15) is 0 Å². The first-order valence-electron chi connectivity index (χ1n) is 6.30. The van der Waals surface area contributed by atoms with Gasteiger partial charge < -0.3 is 19.9 Å². The average molecular weight is 283 g/mol. The zero-order valence-corrected chi connectivity index (χ0v) is 12.8. The summed E-state index contributed by atoms with van der Waals surface area (Å²) in [6, 6.07) is 0. The lowest BCUT2D eigenvalue weighted by molar-refractivity contribution is 0.310. The number of hydrogen-bond donors (Lipinski definition) is 1. The number of thioether (sulfide) groups is 1. The Morgan fingerprint density at radius 1 is 1.21 bits per heavy atom. The van der Waals surface area contributed by atoms with Crippen LogP contribution in [0.5, 0.6) is 5.88 Å². The third kappa shape index (κ3) is 3.03. The van der Waals surface area contributed by atoms with Crippen LogP contribution in [-0.2, 0) is 0 Å². The van der Waals surface area contributed by atoms with Crippen molar-refractivity contribution < 1.29 is 4.74 Å². The van der Waals surface area contributed by atoms with Crippen molar-refractivity contribution in [3.8, 4) is 5.88 Å². The van der Waals surface area contributed by atoms with Gasteiger partial charge in [0.15, 0.2) is 5.82 Å². The molecule has 1 aliphatic rings. The summed E-state index contributed by atoms with van der Waals surface area (Å²) in [4.78, 5) is 14.6. The molecule has 0 aromatic carbocycles. The molecule has 0 atom stereocenters. The SMILES string of the molecule is CNc1nc(OC)c(SC)c(N2CCN(C)CC2)n1. The Morgan fingerprint density at radius 2 is 1.89 bits per heavy atom. The molecule has 0 unspecified atom stereocenters. The molecule has 0 spiro atoms. The summed E-state index contributed by atoms with van der Waals surface area (Å²) in [7, 11) is 5.61. The van der Waals surface area contributed by atoms with E-state index in [4.69, 9.17) is 4.74 Å². The molecular formula is C12H21N5OS. The first kappa shape index (κ1) is 14.2. The molecule has 0 aliphatic carbocycles. The minimum Gasteiger partial charge on any atom is -0.480 e. The Labute approximate surface area is 118 Å². The van der Waals surface area contributed by atoms with Crippen LogP contribution in [0.2, 0.25) is 0 Å². The van der Waals surface area contributed by atoms with E-state index in [9.17, 15) is 0 Å². The van der Waals surface area contributed by atoms with Crippen molar-refractivity contribution in [2.45, 2.75) is 4.90 Å². The number of piperazine rings is 1. The highest BCUT2D eigenvalue weighted by Crippen LogP contribution is 2.35. The highest BCUT2D eigenvalue weighted by Gasteiger charge is 2.22. The van der Waals surface area contributed by atoms with E-state index in [0.29, 0.717) is 11.8 Å². The van der Waals surface area contributed by atoms with Crippen LogP contribution in [0.15, 0.2) is 4.90 Å². The minimum absolute atomic E-state index is 0.601. The number of hydrogen-bond acceptors (Lipinski definition) is 7. The van der Waals surface area contributed by atoms with Gasteiger partial charge in [0.1, 0.15) is 4.90 Å². The van der Waals surface area contributed by atoms with Crippen LogP contribution in [-0.4, -0.2) is 68.5 Å². The molecule has 19 heavy (non-hydrogen) atoms. The number of methoxy groups -OCH3 is 1. The average Bonchev–Trinajstić information content (AvgIpc) is 2.46. The van der Waals surface area contributed by atoms with Gasteiger partial charge in [-0.25, -0.2) is 0 Å². The Kier molecular flexibility index (Phi) is 4.71. The standard InChI is InChI=1S/C12H21N5OS/c1-13-12-14-10(9(19-4)11(15-12)18-3)17-7-5-16(2)6-8-17/h5-8H2,1-4H3,(H,13,14,15). The number of rotatable bonds is 4. The van der Waals surface area contributed by atoms with Crippen molar-refractivity contribution in [3.05, 3.63) is 0 Å². The summed E-state index contributed by atoms with van der Waals surface area (Å²) in [5.41, 5.74) is 0. The quantitative estimate of drug-likeness (QED) is 0.827. The van der Waals surface area contributed by atoms with Gasteiger partial charge in [0.25, 0.3) is 0 Å². The van der Waals surface area contributed by atoms with Gasteiger partial charge in [0.2, 0.25) is 11.8 Å². The maximum atomic E-state index is 5.38. The summed E-state index contributed by atoms with van der Waals surface area (Å²) in [6.07, 6.45) is 2.03. The first-order valence-corrected chi connectivity index (χ1v) is 7.53. The number of nitrogens with one attached hydrogen (secondary N) is 1. The van der Waals surface area contributed by atoms with E-state index in [1.807, 2.05) is 13.3 Å². The van der Waals surface area contributed by atoms with Gasteiger partial charge >= 0.3 is 0 Å². The maximum Gasteiger partial charge on any atom is 0.234 e. The number of nitrogens with zero attached hydrogens (tertiary/aromatic N) is 4. The molecule has 1 aliphatic heterocycles. The topological polar surface area (TPSA) is 53.5 Å². The molecular weight excluding hydrogens is 262 g/mol. The Bertz CT molecular complexity index is 434. The molecule has 1 aromatic rings. The summed E-state index contributed by atoms with van der Waals surface area (Å²) >= 11 is 1.63. The predicted molar refractivity (Wildman–Crippen MR) is 79.6 cm³/mol. The van der Waals surface area contributed by atoms with Crippen molar-refractivity contribution in [2.75, 3.05) is 63.9 Å². The van der Waals surface area contributed by atoms with Crippen molar-refractivity contribution in [1.29, 1.82) is 0 Å².